The van der Waals surface area contributed by atoms with Gasteiger partial charge in [-0.25, -0.2) is 9.98 Å². The average molecular weight is 365 g/mol. The second-order valence-corrected chi connectivity index (χ2v) is 6.02. The standard InChI is InChI=1S/C17H21ClN4O3/c1-4-19-17(21-8-15-22-10(2)11(3)25-15)20-7-12-5-13(18)16-14(6-12)23-9-24-16/h5-6H,4,7-9H2,1-3H3,(H2,19,20,21). The largest absolute Gasteiger partial charge is 0.454 e. The van der Waals surface area contributed by atoms with E-state index in [0.717, 1.165) is 23.6 Å². The number of guanidine groups is 1. The van der Waals surface area contributed by atoms with E-state index in [0.29, 0.717) is 41.5 Å². The Bertz CT molecular complexity index is 769. The van der Waals surface area contributed by atoms with E-state index in [-0.39, 0.29) is 6.79 Å². The Hall–Kier alpha value is -2.41. The summed E-state index contributed by atoms with van der Waals surface area (Å²) in [5, 5.41) is 6.93. The lowest BCUT2D eigenvalue weighted by molar-refractivity contribution is 0.174. The van der Waals surface area contributed by atoms with Crippen molar-refractivity contribution < 1.29 is 13.9 Å². The van der Waals surface area contributed by atoms with Crippen LogP contribution in [-0.4, -0.2) is 24.3 Å². The monoisotopic (exact) mass is 364 g/mol. The predicted octanol–water partition coefficient (Wildman–Crippen LogP) is 2.93. The summed E-state index contributed by atoms with van der Waals surface area (Å²) in [6.45, 7) is 7.68. The average Bonchev–Trinajstić information content (AvgIpc) is 3.17. The highest BCUT2D eigenvalue weighted by Crippen LogP contribution is 2.39. The molecule has 8 heteroatoms. The van der Waals surface area contributed by atoms with E-state index in [1.807, 2.05) is 32.9 Å². The van der Waals surface area contributed by atoms with Crippen molar-refractivity contribution in [2.45, 2.75) is 33.9 Å². The van der Waals surface area contributed by atoms with Gasteiger partial charge in [0.05, 0.1) is 23.8 Å². The number of ether oxygens (including phenoxy) is 2. The number of nitrogens with zero attached hydrogens (tertiary/aromatic N) is 2. The number of aliphatic imine (C=N–C) groups is 1. The van der Waals surface area contributed by atoms with Crippen molar-refractivity contribution in [1.82, 2.24) is 15.6 Å². The predicted molar refractivity (Wildman–Crippen MR) is 95.2 cm³/mol. The molecule has 2 heterocycles. The third-order valence-corrected chi connectivity index (χ3v) is 4.01. The lowest BCUT2D eigenvalue weighted by Gasteiger charge is -2.10. The zero-order valence-electron chi connectivity index (χ0n) is 14.5. The minimum absolute atomic E-state index is 0.195. The number of fused-ring (bicyclic) bond motifs is 1. The Balaban J connectivity index is 1.66. The summed E-state index contributed by atoms with van der Waals surface area (Å²) >= 11 is 6.20. The van der Waals surface area contributed by atoms with E-state index in [4.69, 9.17) is 25.5 Å². The number of nitrogens with one attached hydrogen (secondary N) is 2. The molecule has 0 unspecified atom stereocenters. The summed E-state index contributed by atoms with van der Waals surface area (Å²) < 4.78 is 16.3. The molecule has 0 amide bonds. The van der Waals surface area contributed by atoms with Crippen molar-refractivity contribution in [2.24, 2.45) is 4.99 Å². The first-order chi connectivity index (χ1) is 12.1. The maximum atomic E-state index is 6.20. The van der Waals surface area contributed by atoms with Gasteiger partial charge in [0.25, 0.3) is 0 Å². The molecule has 25 heavy (non-hydrogen) atoms. The first-order valence-corrected chi connectivity index (χ1v) is 8.47. The van der Waals surface area contributed by atoms with Crippen molar-refractivity contribution in [1.29, 1.82) is 0 Å². The van der Waals surface area contributed by atoms with Crippen LogP contribution in [0.1, 0.15) is 29.8 Å². The zero-order valence-corrected chi connectivity index (χ0v) is 15.2. The Morgan fingerprint density at radius 3 is 2.84 bits per heavy atom. The lowest BCUT2D eigenvalue weighted by atomic mass is 10.2. The molecule has 7 nitrogen and oxygen atoms in total. The van der Waals surface area contributed by atoms with Crippen molar-refractivity contribution >= 4 is 17.6 Å². The molecule has 2 N–H and O–H groups in total. The molecule has 0 spiro atoms. The smallest absolute Gasteiger partial charge is 0.231 e. The van der Waals surface area contributed by atoms with E-state index < -0.39 is 0 Å². The Morgan fingerprint density at radius 1 is 1.28 bits per heavy atom. The Labute approximate surface area is 151 Å². The number of aryl methyl sites for hydroxylation is 2. The molecule has 3 rings (SSSR count). The van der Waals surface area contributed by atoms with Crippen LogP contribution in [0.2, 0.25) is 5.02 Å². The second-order valence-electron chi connectivity index (χ2n) is 5.61. The molecule has 0 radical (unpaired) electrons. The molecule has 1 aliphatic rings. The van der Waals surface area contributed by atoms with Crippen LogP contribution in [0.5, 0.6) is 11.5 Å². The molecule has 0 atom stereocenters. The van der Waals surface area contributed by atoms with Gasteiger partial charge in [-0.1, -0.05) is 11.6 Å². The fourth-order valence-electron chi connectivity index (χ4n) is 2.40. The molecule has 0 aliphatic carbocycles. The summed E-state index contributed by atoms with van der Waals surface area (Å²) in [6.07, 6.45) is 0. The Kier molecular flexibility index (Phi) is 5.33. The quantitative estimate of drug-likeness (QED) is 0.627. The molecule has 1 aliphatic heterocycles. The minimum Gasteiger partial charge on any atom is -0.454 e. The van der Waals surface area contributed by atoms with E-state index in [1.165, 1.54) is 0 Å². The maximum absolute atomic E-state index is 6.20. The summed E-state index contributed by atoms with van der Waals surface area (Å²) in [5.41, 5.74) is 1.84. The van der Waals surface area contributed by atoms with Gasteiger partial charge in [0.2, 0.25) is 12.7 Å². The zero-order chi connectivity index (χ0) is 17.8. The van der Waals surface area contributed by atoms with Gasteiger partial charge in [0.1, 0.15) is 5.76 Å². The Morgan fingerprint density at radius 2 is 2.12 bits per heavy atom. The van der Waals surface area contributed by atoms with Crippen molar-refractivity contribution in [2.75, 3.05) is 13.3 Å². The molecule has 134 valence electrons. The molecular weight excluding hydrogens is 344 g/mol. The van der Waals surface area contributed by atoms with Gasteiger partial charge >= 0.3 is 0 Å². The van der Waals surface area contributed by atoms with Crippen LogP contribution in [0, 0.1) is 13.8 Å². The SMILES string of the molecule is CCNC(=NCc1cc(Cl)c2c(c1)OCO2)NCc1nc(C)c(C)o1. The van der Waals surface area contributed by atoms with E-state index >= 15 is 0 Å². The topological polar surface area (TPSA) is 80.9 Å². The van der Waals surface area contributed by atoms with Crippen LogP contribution in [0.15, 0.2) is 21.5 Å². The number of aromatic nitrogens is 1. The third kappa shape index (κ3) is 4.17. The molecule has 0 saturated carbocycles. The highest BCUT2D eigenvalue weighted by atomic mass is 35.5. The second kappa shape index (κ2) is 7.65. The number of benzene rings is 1. The van der Waals surface area contributed by atoms with Gasteiger partial charge < -0.3 is 24.5 Å². The molecular formula is C17H21ClN4O3. The third-order valence-electron chi connectivity index (χ3n) is 3.73. The number of hydrogen-bond acceptors (Lipinski definition) is 5. The van der Waals surface area contributed by atoms with Crippen LogP contribution in [0.4, 0.5) is 0 Å². The first kappa shape index (κ1) is 17.4. The van der Waals surface area contributed by atoms with Crippen LogP contribution in [0.3, 0.4) is 0 Å². The fourth-order valence-corrected chi connectivity index (χ4v) is 2.69. The van der Waals surface area contributed by atoms with Crippen LogP contribution in [-0.2, 0) is 13.1 Å². The normalized spacial score (nSPS) is 13.2. The fraction of sp³-hybridized carbons (Fsp3) is 0.412. The summed E-state index contributed by atoms with van der Waals surface area (Å²) in [5.74, 6) is 3.38. The number of rotatable bonds is 5. The summed E-state index contributed by atoms with van der Waals surface area (Å²) in [6, 6.07) is 3.73. The first-order valence-electron chi connectivity index (χ1n) is 8.10. The highest BCUT2D eigenvalue weighted by molar-refractivity contribution is 6.32. The van der Waals surface area contributed by atoms with Gasteiger partial charge in [-0.15, -0.1) is 0 Å². The summed E-state index contributed by atoms with van der Waals surface area (Å²) in [7, 11) is 0. The number of hydrogen-bond donors (Lipinski definition) is 2. The number of oxazole rings is 1. The van der Waals surface area contributed by atoms with Crippen molar-refractivity contribution in [3.8, 4) is 11.5 Å². The lowest BCUT2D eigenvalue weighted by Crippen LogP contribution is -2.36. The summed E-state index contributed by atoms with van der Waals surface area (Å²) in [4.78, 5) is 8.92. The van der Waals surface area contributed by atoms with Gasteiger partial charge in [0.15, 0.2) is 17.5 Å². The number of halogens is 1. The van der Waals surface area contributed by atoms with Gasteiger partial charge in [-0.2, -0.15) is 0 Å². The van der Waals surface area contributed by atoms with Crippen LogP contribution >= 0.6 is 11.6 Å². The molecule has 1 aromatic heterocycles. The van der Waals surface area contributed by atoms with Crippen LogP contribution < -0.4 is 20.1 Å². The molecule has 1 aromatic carbocycles. The molecule has 0 fully saturated rings. The van der Waals surface area contributed by atoms with Crippen molar-refractivity contribution in [3.05, 3.63) is 40.1 Å². The maximum Gasteiger partial charge on any atom is 0.231 e. The molecule has 0 bridgehead atoms. The van der Waals surface area contributed by atoms with Gasteiger partial charge in [0, 0.05) is 6.54 Å². The van der Waals surface area contributed by atoms with E-state index in [2.05, 4.69) is 20.6 Å². The minimum atomic E-state index is 0.195. The van der Waals surface area contributed by atoms with Crippen LogP contribution in [0.25, 0.3) is 0 Å². The van der Waals surface area contributed by atoms with E-state index in [9.17, 15) is 0 Å². The highest BCUT2D eigenvalue weighted by Gasteiger charge is 2.18. The van der Waals surface area contributed by atoms with E-state index in [1.54, 1.807) is 0 Å². The van der Waals surface area contributed by atoms with Gasteiger partial charge in [-0.3, -0.25) is 0 Å². The van der Waals surface area contributed by atoms with Gasteiger partial charge in [-0.05, 0) is 38.5 Å². The van der Waals surface area contributed by atoms with Crippen molar-refractivity contribution in [3.63, 3.8) is 0 Å². The molecule has 0 saturated heterocycles. The molecule has 2 aromatic rings.